The Balaban J connectivity index is 1.41. The number of hydrogen-bond donors (Lipinski definition) is 2. The van der Waals surface area contributed by atoms with Crippen LogP contribution in [0.4, 0.5) is 5.69 Å². The van der Waals surface area contributed by atoms with Crippen LogP contribution in [-0.4, -0.2) is 83.5 Å². The fourth-order valence-electron chi connectivity index (χ4n) is 4.28. The van der Waals surface area contributed by atoms with Crippen molar-refractivity contribution in [1.82, 2.24) is 14.7 Å². The predicted octanol–water partition coefficient (Wildman–Crippen LogP) is 2.90. The van der Waals surface area contributed by atoms with Crippen molar-refractivity contribution in [2.75, 3.05) is 51.1 Å². The lowest BCUT2D eigenvalue weighted by Crippen LogP contribution is -2.52. The van der Waals surface area contributed by atoms with Crippen LogP contribution in [-0.2, 0) is 11.3 Å². The Labute approximate surface area is 200 Å². The normalized spacial score (nSPS) is 17.1. The van der Waals surface area contributed by atoms with Crippen molar-refractivity contribution < 1.29 is 14.7 Å². The number of piperazine rings is 1. The fraction of sp³-hybridized carbons (Fsp3) is 0.423. The number of aliphatic imine (C=N–C) groups is 1. The molecule has 8 heteroatoms. The van der Waals surface area contributed by atoms with Crippen LogP contribution in [0, 0.1) is 6.92 Å². The first-order valence-corrected chi connectivity index (χ1v) is 11.9. The van der Waals surface area contributed by atoms with E-state index in [-0.39, 0.29) is 11.5 Å². The second-order valence-electron chi connectivity index (χ2n) is 8.98. The summed E-state index contributed by atoms with van der Waals surface area (Å²) >= 11 is 0. The van der Waals surface area contributed by atoms with Crippen LogP contribution in [0.15, 0.2) is 53.5 Å². The van der Waals surface area contributed by atoms with E-state index in [2.05, 4.69) is 46.3 Å². The molecule has 2 saturated heterocycles. The van der Waals surface area contributed by atoms with Gasteiger partial charge in [0.2, 0.25) is 5.91 Å². The van der Waals surface area contributed by atoms with E-state index in [0.717, 1.165) is 69.3 Å². The van der Waals surface area contributed by atoms with Gasteiger partial charge in [-0.3, -0.25) is 9.69 Å². The molecule has 2 aromatic carbocycles. The van der Waals surface area contributed by atoms with Crippen molar-refractivity contribution in [2.24, 2.45) is 4.99 Å². The van der Waals surface area contributed by atoms with Gasteiger partial charge in [-0.05, 0) is 49.6 Å². The SMILES string of the molecule is Cc1ccc(CN=C(Nc2ccc(C(=O)O)cc2)N2CCN(CC(=O)N3CCCC3)CC2)cc1. The van der Waals surface area contributed by atoms with Crippen molar-refractivity contribution >= 4 is 23.5 Å². The molecule has 1 amide bonds. The number of aromatic carboxylic acids is 1. The number of amides is 1. The number of carbonyl (C=O) groups is 2. The molecule has 4 rings (SSSR count). The number of anilines is 1. The van der Waals surface area contributed by atoms with Gasteiger partial charge in [0.05, 0.1) is 18.7 Å². The van der Waals surface area contributed by atoms with Crippen LogP contribution < -0.4 is 5.32 Å². The van der Waals surface area contributed by atoms with Crippen LogP contribution in [0.25, 0.3) is 0 Å². The molecule has 0 bridgehead atoms. The van der Waals surface area contributed by atoms with E-state index in [1.54, 1.807) is 24.3 Å². The predicted molar refractivity (Wildman–Crippen MR) is 133 cm³/mol. The van der Waals surface area contributed by atoms with E-state index in [0.29, 0.717) is 13.1 Å². The number of hydrogen-bond acceptors (Lipinski definition) is 4. The van der Waals surface area contributed by atoms with Crippen LogP contribution in [0.3, 0.4) is 0 Å². The van der Waals surface area contributed by atoms with E-state index >= 15 is 0 Å². The summed E-state index contributed by atoms with van der Waals surface area (Å²) in [6.07, 6.45) is 2.22. The molecule has 2 heterocycles. The summed E-state index contributed by atoms with van der Waals surface area (Å²) in [5.74, 6) is 0.0458. The number of guanidine groups is 1. The Morgan fingerprint density at radius 3 is 2.15 bits per heavy atom. The van der Waals surface area contributed by atoms with Crippen molar-refractivity contribution in [3.8, 4) is 0 Å². The molecule has 0 aliphatic carbocycles. The van der Waals surface area contributed by atoms with E-state index in [1.165, 1.54) is 5.56 Å². The van der Waals surface area contributed by atoms with Gasteiger partial charge in [-0.1, -0.05) is 29.8 Å². The zero-order chi connectivity index (χ0) is 23.9. The first-order valence-electron chi connectivity index (χ1n) is 11.9. The molecule has 0 atom stereocenters. The van der Waals surface area contributed by atoms with Gasteiger partial charge in [-0.2, -0.15) is 0 Å². The van der Waals surface area contributed by atoms with E-state index in [1.807, 2.05) is 4.90 Å². The van der Waals surface area contributed by atoms with Gasteiger partial charge >= 0.3 is 5.97 Å². The second kappa shape index (κ2) is 11.2. The zero-order valence-corrected chi connectivity index (χ0v) is 19.7. The van der Waals surface area contributed by atoms with Crippen molar-refractivity contribution in [2.45, 2.75) is 26.3 Å². The minimum atomic E-state index is -0.945. The highest BCUT2D eigenvalue weighted by atomic mass is 16.4. The summed E-state index contributed by atoms with van der Waals surface area (Å²) in [6, 6.07) is 15.0. The molecule has 0 aromatic heterocycles. The molecular weight excluding hydrogens is 430 g/mol. The van der Waals surface area contributed by atoms with Crippen molar-refractivity contribution in [3.05, 3.63) is 65.2 Å². The maximum atomic E-state index is 12.5. The Morgan fingerprint density at radius 2 is 1.53 bits per heavy atom. The molecule has 0 radical (unpaired) electrons. The van der Waals surface area contributed by atoms with Crippen molar-refractivity contribution in [3.63, 3.8) is 0 Å². The number of likely N-dealkylation sites (tertiary alicyclic amines) is 1. The lowest BCUT2D eigenvalue weighted by molar-refractivity contribution is -0.131. The smallest absolute Gasteiger partial charge is 0.335 e. The molecule has 2 fully saturated rings. The highest BCUT2D eigenvalue weighted by Gasteiger charge is 2.24. The maximum Gasteiger partial charge on any atom is 0.335 e. The molecule has 0 unspecified atom stereocenters. The average molecular weight is 464 g/mol. The first kappa shape index (κ1) is 23.8. The highest BCUT2D eigenvalue weighted by molar-refractivity contribution is 5.94. The molecule has 0 saturated carbocycles. The second-order valence-corrected chi connectivity index (χ2v) is 8.98. The summed E-state index contributed by atoms with van der Waals surface area (Å²) in [5.41, 5.74) is 3.38. The summed E-state index contributed by atoms with van der Waals surface area (Å²) in [5, 5.41) is 12.5. The van der Waals surface area contributed by atoms with Gasteiger partial charge in [-0.25, -0.2) is 9.79 Å². The molecule has 2 N–H and O–H groups in total. The average Bonchev–Trinajstić information content (AvgIpc) is 3.39. The Morgan fingerprint density at radius 1 is 0.882 bits per heavy atom. The molecule has 2 aromatic rings. The minimum absolute atomic E-state index is 0.232. The molecule has 34 heavy (non-hydrogen) atoms. The maximum absolute atomic E-state index is 12.5. The van der Waals surface area contributed by atoms with Crippen LogP contribution in [0.1, 0.15) is 34.3 Å². The molecule has 8 nitrogen and oxygen atoms in total. The lowest BCUT2D eigenvalue weighted by Gasteiger charge is -2.36. The molecule has 2 aliphatic heterocycles. The van der Waals surface area contributed by atoms with Gasteiger partial charge in [0.15, 0.2) is 5.96 Å². The third kappa shape index (κ3) is 6.35. The van der Waals surface area contributed by atoms with Crippen LogP contribution in [0.2, 0.25) is 0 Å². The first-order chi connectivity index (χ1) is 16.5. The van der Waals surface area contributed by atoms with E-state index < -0.39 is 5.97 Å². The Bertz CT molecular complexity index is 1010. The van der Waals surface area contributed by atoms with Crippen LogP contribution in [0.5, 0.6) is 0 Å². The lowest BCUT2D eigenvalue weighted by atomic mass is 10.1. The van der Waals surface area contributed by atoms with Crippen LogP contribution >= 0.6 is 0 Å². The van der Waals surface area contributed by atoms with Gasteiger partial charge in [0, 0.05) is 45.0 Å². The number of rotatable bonds is 6. The standard InChI is InChI=1S/C26H33N5O3/c1-20-4-6-21(7-5-20)18-27-26(28-23-10-8-22(9-11-23)25(33)34)31-16-14-29(15-17-31)19-24(32)30-12-2-3-13-30/h4-11H,2-3,12-19H2,1H3,(H,27,28)(H,33,34). The molecule has 180 valence electrons. The van der Waals surface area contributed by atoms with Crippen molar-refractivity contribution in [1.29, 1.82) is 0 Å². The highest BCUT2D eigenvalue weighted by Crippen LogP contribution is 2.14. The van der Waals surface area contributed by atoms with Gasteiger partial charge in [0.1, 0.15) is 0 Å². The van der Waals surface area contributed by atoms with E-state index in [9.17, 15) is 9.59 Å². The number of nitrogens with zero attached hydrogens (tertiary/aromatic N) is 4. The molecular formula is C26H33N5O3. The number of carboxylic acids is 1. The minimum Gasteiger partial charge on any atom is -0.478 e. The number of nitrogens with one attached hydrogen (secondary N) is 1. The zero-order valence-electron chi connectivity index (χ0n) is 19.7. The summed E-state index contributed by atoms with van der Waals surface area (Å²) in [4.78, 5) is 35.0. The number of carbonyl (C=O) groups excluding carboxylic acids is 1. The molecule has 0 spiro atoms. The summed E-state index contributed by atoms with van der Waals surface area (Å²) < 4.78 is 0. The Hall–Kier alpha value is -3.39. The van der Waals surface area contributed by atoms with Gasteiger partial charge in [-0.15, -0.1) is 0 Å². The summed E-state index contributed by atoms with van der Waals surface area (Å²) in [7, 11) is 0. The topological polar surface area (TPSA) is 88.5 Å². The number of benzene rings is 2. The number of aryl methyl sites for hydroxylation is 1. The molecule has 2 aliphatic rings. The van der Waals surface area contributed by atoms with Gasteiger partial charge < -0.3 is 20.2 Å². The third-order valence-electron chi connectivity index (χ3n) is 6.41. The fourth-order valence-corrected chi connectivity index (χ4v) is 4.28. The monoisotopic (exact) mass is 463 g/mol. The quantitative estimate of drug-likeness (QED) is 0.506. The number of carboxylic acid groups (broad SMARTS) is 1. The van der Waals surface area contributed by atoms with E-state index in [4.69, 9.17) is 10.1 Å². The van der Waals surface area contributed by atoms with Gasteiger partial charge in [0.25, 0.3) is 0 Å². The summed E-state index contributed by atoms with van der Waals surface area (Å²) in [6.45, 7) is 7.98. The largest absolute Gasteiger partial charge is 0.478 e. The third-order valence-corrected chi connectivity index (χ3v) is 6.41. The Kier molecular flexibility index (Phi) is 7.80.